The number of aryl methyl sites for hydroxylation is 1. The van der Waals surface area contributed by atoms with Crippen LogP contribution < -0.4 is 10.1 Å². The molecule has 112 valence electrons. The number of nitrogens with zero attached hydrogens (tertiary/aromatic N) is 1. The third kappa shape index (κ3) is 4.22. The van der Waals surface area contributed by atoms with E-state index in [1.165, 1.54) is 30.5 Å². The second-order valence-electron chi connectivity index (χ2n) is 6.02. The lowest BCUT2D eigenvalue weighted by Crippen LogP contribution is -2.34. The minimum absolute atomic E-state index is 0.332. The Balaban J connectivity index is 2.11. The van der Waals surface area contributed by atoms with Crippen molar-refractivity contribution in [2.24, 2.45) is 5.92 Å². The summed E-state index contributed by atoms with van der Waals surface area (Å²) >= 11 is 0. The summed E-state index contributed by atoms with van der Waals surface area (Å²) in [6.45, 7) is 7.52. The summed E-state index contributed by atoms with van der Waals surface area (Å²) in [5, 5.41) is 3.60. The molecule has 3 nitrogen and oxygen atoms in total. The molecule has 1 saturated carbocycles. The largest absolute Gasteiger partial charge is 0.496 e. The molecule has 0 amide bonds. The molecule has 1 aliphatic carbocycles. The zero-order valence-electron chi connectivity index (χ0n) is 13.3. The van der Waals surface area contributed by atoms with Gasteiger partial charge in [0.05, 0.1) is 7.11 Å². The molecule has 0 saturated heterocycles. The van der Waals surface area contributed by atoms with Crippen LogP contribution in [0.5, 0.6) is 5.75 Å². The van der Waals surface area contributed by atoms with Crippen molar-refractivity contribution in [1.82, 2.24) is 10.2 Å². The maximum absolute atomic E-state index is 5.54. The van der Waals surface area contributed by atoms with Gasteiger partial charge in [0.2, 0.25) is 0 Å². The molecular formula is C17H28N2O. The van der Waals surface area contributed by atoms with E-state index in [1.54, 1.807) is 7.11 Å². The van der Waals surface area contributed by atoms with Crippen LogP contribution in [0.2, 0.25) is 0 Å². The average Bonchev–Trinajstić information content (AvgIpc) is 3.22. The second-order valence-corrected chi connectivity index (χ2v) is 6.02. The van der Waals surface area contributed by atoms with E-state index >= 15 is 0 Å². The molecule has 1 aliphatic rings. The Hall–Kier alpha value is -1.06. The second kappa shape index (κ2) is 7.09. The van der Waals surface area contributed by atoms with Crippen molar-refractivity contribution in [3.8, 4) is 5.75 Å². The van der Waals surface area contributed by atoms with E-state index in [1.807, 2.05) is 0 Å². The van der Waals surface area contributed by atoms with E-state index in [2.05, 4.69) is 49.3 Å². The van der Waals surface area contributed by atoms with E-state index in [4.69, 9.17) is 4.74 Å². The summed E-state index contributed by atoms with van der Waals surface area (Å²) in [6.07, 6.45) is 2.81. The lowest BCUT2D eigenvalue weighted by atomic mass is 10.0. The molecule has 0 spiro atoms. The van der Waals surface area contributed by atoms with Gasteiger partial charge in [-0.2, -0.15) is 0 Å². The van der Waals surface area contributed by atoms with Crippen molar-refractivity contribution in [2.75, 3.05) is 33.8 Å². The normalized spacial score (nSPS) is 16.4. The van der Waals surface area contributed by atoms with Crippen LogP contribution >= 0.6 is 0 Å². The van der Waals surface area contributed by atoms with Crippen molar-refractivity contribution < 1.29 is 4.74 Å². The Morgan fingerprint density at radius 2 is 2.15 bits per heavy atom. The smallest absolute Gasteiger partial charge is 0.123 e. The van der Waals surface area contributed by atoms with Crippen molar-refractivity contribution in [2.45, 2.75) is 32.7 Å². The number of benzene rings is 1. The van der Waals surface area contributed by atoms with Crippen LogP contribution in [0.15, 0.2) is 18.2 Å². The third-order valence-electron chi connectivity index (χ3n) is 3.97. The molecule has 2 rings (SSSR count). The molecule has 3 heteroatoms. The predicted molar refractivity (Wildman–Crippen MR) is 84.4 cm³/mol. The van der Waals surface area contributed by atoms with Gasteiger partial charge in [0.15, 0.2) is 0 Å². The predicted octanol–water partition coefficient (Wildman–Crippen LogP) is 3.00. The van der Waals surface area contributed by atoms with Gasteiger partial charge < -0.3 is 15.0 Å². The maximum atomic E-state index is 5.54. The Morgan fingerprint density at radius 1 is 1.40 bits per heavy atom. The highest BCUT2D eigenvalue weighted by Gasteiger charge is 2.24. The first-order chi connectivity index (χ1) is 9.63. The molecular weight excluding hydrogens is 248 g/mol. The van der Waals surface area contributed by atoms with Gasteiger partial charge in [-0.25, -0.2) is 0 Å². The fourth-order valence-electron chi connectivity index (χ4n) is 2.77. The number of likely N-dealkylation sites (N-methyl/N-ethyl adjacent to an activating group) is 2. The summed E-state index contributed by atoms with van der Waals surface area (Å²) in [6, 6.07) is 6.77. The first kappa shape index (κ1) is 15.3. The highest BCUT2D eigenvalue weighted by molar-refractivity contribution is 5.39. The topological polar surface area (TPSA) is 24.5 Å². The van der Waals surface area contributed by atoms with Gasteiger partial charge in [0.25, 0.3) is 0 Å². The molecule has 0 aliphatic heterocycles. The molecule has 1 fully saturated rings. The van der Waals surface area contributed by atoms with Gasteiger partial charge in [0.1, 0.15) is 5.75 Å². The molecule has 1 atom stereocenters. The molecule has 0 heterocycles. The van der Waals surface area contributed by atoms with E-state index < -0.39 is 0 Å². The number of nitrogens with one attached hydrogen (secondary N) is 1. The first-order valence-electron chi connectivity index (χ1n) is 7.70. The van der Waals surface area contributed by atoms with Gasteiger partial charge in [-0.15, -0.1) is 0 Å². The fraction of sp³-hybridized carbons (Fsp3) is 0.647. The van der Waals surface area contributed by atoms with Crippen LogP contribution in [0.1, 0.15) is 36.9 Å². The van der Waals surface area contributed by atoms with E-state index in [0.29, 0.717) is 6.04 Å². The number of rotatable bonds is 8. The Bertz CT molecular complexity index is 429. The van der Waals surface area contributed by atoms with E-state index in [0.717, 1.165) is 24.8 Å². The summed E-state index contributed by atoms with van der Waals surface area (Å²) in [5.41, 5.74) is 2.56. The molecule has 1 N–H and O–H groups in total. The van der Waals surface area contributed by atoms with Crippen LogP contribution in [0.4, 0.5) is 0 Å². The summed E-state index contributed by atoms with van der Waals surface area (Å²) in [5.74, 6) is 1.92. The molecule has 1 aromatic rings. The third-order valence-corrected chi connectivity index (χ3v) is 3.97. The minimum Gasteiger partial charge on any atom is -0.496 e. The van der Waals surface area contributed by atoms with Crippen LogP contribution in [0, 0.1) is 12.8 Å². The summed E-state index contributed by atoms with van der Waals surface area (Å²) in [4.78, 5) is 2.45. The van der Waals surface area contributed by atoms with Crippen molar-refractivity contribution >= 4 is 0 Å². The van der Waals surface area contributed by atoms with Crippen LogP contribution in [-0.2, 0) is 0 Å². The highest BCUT2D eigenvalue weighted by Crippen LogP contribution is 2.31. The average molecular weight is 276 g/mol. The summed E-state index contributed by atoms with van der Waals surface area (Å²) < 4.78 is 5.54. The fourth-order valence-corrected chi connectivity index (χ4v) is 2.77. The van der Waals surface area contributed by atoms with Gasteiger partial charge in [-0.1, -0.05) is 24.6 Å². The lowest BCUT2D eigenvalue weighted by Gasteiger charge is -2.26. The number of ether oxygens (including phenoxy) is 1. The number of hydrogen-bond donors (Lipinski definition) is 1. The van der Waals surface area contributed by atoms with Crippen LogP contribution in [0.25, 0.3) is 0 Å². The van der Waals surface area contributed by atoms with Crippen molar-refractivity contribution in [3.63, 3.8) is 0 Å². The Labute approximate surface area is 123 Å². The monoisotopic (exact) mass is 276 g/mol. The molecule has 0 radical (unpaired) electrons. The summed E-state index contributed by atoms with van der Waals surface area (Å²) in [7, 11) is 3.98. The molecule has 20 heavy (non-hydrogen) atoms. The standard InChI is InChI=1S/C17H28N2O/c1-5-18-16(12-19(3)11-14-7-8-14)15-10-13(2)6-9-17(15)20-4/h6,9-10,14,16,18H,5,7-8,11-12H2,1-4H3. The zero-order chi connectivity index (χ0) is 14.5. The Kier molecular flexibility index (Phi) is 5.44. The SMILES string of the molecule is CCNC(CN(C)CC1CC1)c1cc(C)ccc1OC. The molecule has 0 aromatic heterocycles. The molecule has 1 aromatic carbocycles. The quantitative estimate of drug-likeness (QED) is 0.790. The Morgan fingerprint density at radius 3 is 2.75 bits per heavy atom. The lowest BCUT2D eigenvalue weighted by molar-refractivity contribution is 0.278. The van der Waals surface area contributed by atoms with Gasteiger partial charge >= 0.3 is 0 Å². The van der Waals surface area contributed by atoms with Crippen molar-refractivity contribution in [1.29, 1.82) is 0 Å². The van der Waals surface area contributed by atoms with E-state index in [-0.39, 0.29) is 0 Å². The highest BCUT2D eigenvalue weighted by atomic mass is 16.5. The van der Waals surface area contributed by atoms with Crippen LogP contribution in [0.3, 0.4) is 0 Å². The number of hydrogen-bond acceptors (Lipinski definition) is 3. The van der Waals surface area contributed by atoms with Gasteiger partial charge in [-0.05, 0) is 45.3 Å². The van der Waals surface area contributed by atoms with E-state index in [9.17, 15) is 0 Å². The van der Waals surface area contributed by atoms with Crippen molar-refractivity contribution in [3.05, 3.63) is 29.3 Å². The maximum Gasteiger partial charge on any atom is 0.123 e. The number of methoxy groups -OCH3 is 1. The van der Waals surface area contributed by atoms with Crippen LogP contribution in [-0.4, -0.2) is 38.7 Å². The molecule has 1 unspecified atom stereocenters. The minimum atomic E-state index is 0.332. The van der Waals surface area contributed by atoms with Gasteiger partial charge in [-0.3, -0.25) is 0 Å². The molecule has 0 bridgehead atoms. The zero-order valence-corrected chi connectivity index (χ0v) is 13.3. The first-order valence-corrected chi connectivity index (χ1v) is 7.70. The van der Waals surface area contributed by atoms with Gasteiger partial charge in [0, 0.05) is 24.7 Å².